The van der Waals surface area contributed by atoms with E-state index in [1.165, 1.54) is 0 Å². The average molecular weight is 521 g/mol. The maximum Gasteiger partial charge on any atom is 0.256 e. The van der Waals surface area contributed by atoms with Crippen molar-refractivity contribution < 1.29 is 9.53 Å². The predicted molar refractivity (Wildman–Crippen MR) is 133 cm³/mol. The van der Waals surface area contributed by atoms with Gasteiger partial charge in [0.15, 0.2) is 5.82 Å². The molecule has 1 heterocycles. The molecule has 0 saturated heterocycles. The molecule has 5 nitrogen and oxygen atoms in total. The third-order valence-corrected chi connectivity index (χ3v) is 5.89. The lowest BCUT2D eigenvalue weighted by molar-refractivity contribution is 0.102. The van der Waals surface area contributed by atoms with Crippen LogP contribution in [0.5, 0.6) is 5.75 Å². The van der Waals surface area contributed by atoms with Crippen LogP contribution in [-0.2, 0) is 13.2 Å². The number of hydrogen-bond donors (Lipinski definition) is 1. The zero-order valence-electron chi connectivity index (χ0n) is 17.1. The highest BCUT2D eigenvalue weighted by atomic mass is 35.5. The third kappa shape index (κ3) is 6.01. The highest BCUT2D eigenvalue weighted by Gasteiger charge is 2.14. The summed E-state index contributed by atoms with van der Waals surface area (Å²) in [6, 6.07) is 19.5. The van der Waals surface area contributed by atoms with Crippen LogP contribution >= 0.6 is 46.4 Å². The summed E-state index contributed by atoms with van der Waals surface area (Å²) in [5.41, 5.74) is 2.09. The number of benzene rings is 3. The molecule has 0 spiro atoms. The minimum Gasteiger partial charge on any atom is -0.487 e. The molecule has 1 aromatic heterocycles. The fourth-order valence-electron chi connectivity index (χ4n) is 3.09. The molecule has 33 heavy (non-hydrogen) atoms. The Morgan fingerprint density at radius 1 is 0.909 bits per heavy atom. The number of hydrogen-bond acceptors (Lipinski definition) is 3. The predicted octanol–water partition coefficient (Wildman–Crippen LogP) is 7.38. The molecule has 4 aromatic rings. The molecule has 168 valence electrons. The first-order chi connectivity index (χ1) is 15.9. The minimum absolute atomic E-state index is 0.254. The molecule has 4 rings (SSSR count). The number of nitrogens with zero attached hydrogens (tertiary/aromatic N) is 2. The van der Waals surface area contributed by atoms with Crippen molar-refractivity contribution in [2.75, 3.05) is 5.32 Å². The van der Waals surface area contributed by atoms with Gasteiger partial charge in [0.1, 0.15) is 17.4 Å². The highest BCUT2D eigenvalue weighted by Crippen LogP contribution is 2.26. The second kappa shape index (κ2) is 10.5. The van der Waals surface area contributed by atoms with Crippen LogP contribution in [-0.4, -0.2) is 15.7 Å². The second-order valence-corrected chi connectivity index (χ2v) is 8.79. The van der Waals surface area contributed by atoms with E-state index >= 15 is 0 Å². The molecule has 0 aliphatic heterocycles. The van der Waals surface area contributed by atoms with E-state index in [2.05, 4.69) is 10.4 Å². The van der Waals surface area contributed by atoms with Gasteiger partial charge < -0.3 is 10.1 Å². The highest BCUT2D eigenvalue weighted by molar-refractivity contribution is 6.35. The van der Waals surface area contributed by atoms with Gasteiger partial charge in [-0.2, -0.15) is 5.10 Å². The van der Waals surface area contributed by atoms with E-state index in [0.717, 1.165) is 11.1 Å². The molecule has 0 bridgehead atoms. The minimum atomic E-state index is -0.341. The normalized spacial score (nSPS) is 10.8. The third-order valence-electron chi connectivity index (χ3n) is 4.72. The van der Waals surface area contributed by atoms with Crippen molar-refractivity contribution in [1.29, 1.82) is 0 Å². The molecule has 1 amide bonds. The van der Waals surface area contributed by atoms with Crippen molar-refractivity contribution in [3.8, 4) is 5.75 Å². The Morgan fingerprint density at radius 2 is 1.73 bits per heavy atom. The van der Waals surface area contributed by atoms with E-state index < -0.39 is 0 Å². The van der Waals surface area contributed by atoms with Gasteiger partial charge >= 0.3 is 0 Å². The van der Waals surface area contributed by atoms with Crippen molar-refractivity contribution in [2.24, 2.45) is 0 Å². The number of para-hydroxylation sites is 1. The number of nitrogens with one attached hydrogen (secondary N) is 1. The Hall–Kier alpha value is -2.70. The van der Waals surface area contributed by atoms with Crippen LogP contribution < -0.4 is 10.1 Å². The summed E-state index contributed by atoms with van der Waals surface area (Å²) >= 11 is 24.6. The summed E-state index contributed by atoms with van der Waals surface area (Å²) in [5, 5.41) is 9.02. The van der Waals surface area contributed by atoms with Crippen LogP contribution in [0.4, 0.5) is 5.82 Å². The lowest BCUT2D eigenvalue weighted by Crippen LogP contribution is -2.13. The van der Waals surface area contributed by atoms with Crippen molar-refractivity contribution in [2.45, 2.75) is 13.2 Å². The number of rotatable bonds is 7. The molecule has 0 fully saturated rings. The fraction of sp³-hybridized carbons (Fsp3) is 0.0833. The molecular formula is C24H17Cl4N3O2. The molecule has 0 aliphatic rings. The zero-order chi connectivity index (χ0) is 23.4. The van der Waals surface area contributed by atoms with Crippen LogP contribution in [0, 0.1) is 0 Å². The summed E-state index contributed by atoms with van der Waals surface area (Å²) in [6.07, 6.45) is 1.62. The lowest BCUT2D eigenvalue weighted by atomic mass is 10.1. The van der Waals surface area contributed by atoms with Gasteiger partial charge in [-0.25, -0.2) is 0 Å². The number of amides is 1. The molecular weight excluding hydrogens is 504 g/mol. The Labute approximate surface area is 210 Å². The van der Waals surface area contributed by atoms with Gasteiger partial charge in [0.25, 0.3) is 5.91 Å². The van der Waals surface area contributed by atoms with E-state index in [9.17, 15) is 4.79 Å². The van der Waals surface area contributed by atoms with Crippen molar-refractivity contribution in [3.05, 3.63) is 110 Å². The number of carbonyl (C=O) groups excluding carboxylic acids is 1. The lowest BCUT2D eigenvalue weighted by Gasteiger charge is -2.09. The summed E-state index contributed by atoms with van der Waals surface area (Å²) < 4.78 is 7.35. The smallest absolute Gasteiger partial charge is 0.256 e. The molecule has 0 atom stereocenters. The monoisotopic (exact) mass is 519 g/mol. The Balaban J connectivity index is 1.43. The fourth-order valence-corrected chi connectivity index (χ4v) is 3.95. The van der Waals surface area contributed by atoms with E-state index in [0.29, 0.717) is 37.9 Å². The van der Waals surface area contributed by atoms with Crippen molar-refractivity contribution in [3.63, 3.8) is 0 Å². The first kappa shape index (κ1) is 23.5. The van der Waals surface area contributed by atoms with Gasteiger partial charge in [0.05, 0.1) is 11.6 Å². The molecule has 9 heteroatoms. The maximum atomic E-state index is 12.8. The quantitative estimate of drug-likeness (QED) is 0.276. The standard InChI is InChI=1S/C24H17Cl4N3O2/c25-18-9-8-17(20(27)11-18)12-31-13-21(28)23(30-31)29-24(32)16-5-3-4-15(10-16)14-33-22-7-2-1-6-19(22)26/h1-11,13H,12,14H2,(H,29,30,32). The van der Waals surface area contributed by atoms with Crippen molar-refractivity contribution in [1.82, 2.24) is 9.78 Å². The Morgan fingerprint density at radius 3 is 2.52 bits per heavy atom. The van der Waals surface area contributed by atoms with Crippen LogP contribution in [0.25, 0.3) is 0 Å². The molecule has 3 aromatic carbocycles. The van der Waals surface area contributed by atoms with Crippen LogP contribution in [0.2, 0.25) is 20.1 Å². The molecule has 0 radical (unpaired) electrons. The topological polar surface area (TPSA) is 56.2 Å². The van der Waals surface area contributed by atoms with Gasteiger partial charge in [0.2, 0.25) is 0 Å². The van der Waals surface area contributed by atoms with Gasteiger partial charge in [0, 0.05) is 21.8 Å². The van der Waals surface area contributed by atoms with Crippen molar-refractivity contribution >= 4 is 58.1 Å². The largest absolute Gasteiger partial charge is 0.487 e. The zero-order valence-corrected chi connectivity index (χ0v) is 20.1. The summed E-state index contributed by atoms with van der Waals surface area (Å²) in [5.74, 6) is 0.489. The average Bonchev–Trinajstić information content (AvgIpc) is 3.14. The first-order valence-electron chi connectivity index (χ1n) is 9.83. The van der Waals surface area contributed by atoms with Gasteiger partial charge in [-0.3, -0.25) is 9.48 Å². The Bertz CT molecular complexity index is 1310. The number of carbonyl (C=O) groups is 1. The first-order valence-corrected chi connectivity index (χ1v) is 11.3. The summed E-state index contributed by atoms with van der Waals surface area (Å²) in [4.78, 5) is 12.8. The second-order valence-electron chi connectivity index (χ2n) is 7.13. The number of anilines is 1. The van der Waals surface area contributed by atoms with Gasteiger partial charge in [-0.1, -0.05) is 76.7 Å². The van der Waals surface area contributed by atoms with Crippen LogP contribution in [0.15, 0.2) is 72.9 Å². The summed E-state index contributed by atoms with van der Waals surface area (Å²) in [7, 11) is 0. The van der Waals surface area contributed by atoms with E-state index in [1.54, 1.807) is 53.3 Å². The van der Waals surface area contributed by atoms with Gasteiger partial charge in [-0.05, 0) is 47.5 Å². The molecule has 0 unspecified atom stereocenters. The maximum absolute atomic E-state index is 12.8. The number of ether oxygens (including phenoxy) is 1. The summed E-state index contributed by atoms with van der Waals surface area (Å²) in [6.45, 7) is 0.641. The van der Waals surface area contributed by atoms with E-state index in [4.69, 9.17) is 51.1 Å². The Kier molecular flexibility index (Phi) is 7.46. The van der Waals surface area contributed by atoms with E-state index in [-0.39, 0.29) is 18.3 Å². The van der Waals surface area contributed by atoms with E-state index in [1.807, 2.05) is 24.3 Å². The molecule has 1 N–H and O–H groups in total. The molecule has 0 saturated carbocycles. The SMILES string of the molecule is O=C(Nc1nn(Cc2ccc(Cl)cc2Cl)cc1Cl)c1cccc(COc2ccccc2Cl)c1. The van der Waals surface area contributed by atoms with Gasteiger partial charge in [-0.15, -0.1) is 0 Å². The van der Waals surface area contributed by atoms with Crippen LogP contribution in [0.1, 0.15) is 21.5 Å². The molecule has 0 aliphatic carbocycles. The number of aromatic nitrogens is 2. The van der Waals surface area contributed by atoms with Crippen LogP contribution in [0.3, 0.4) is 0 Å². The number of halogens is 4.